The fraction of sp³-hybridized carbons (Fsp3) is 0.429. The minimum absolute atomic E-state index is 0.541. The highest BCUT2D eigenvalue weighted by Gasteiger charge is 2.37. The second-order valence-electron chi connectivity index (χ2n) is 7.89. The SMILES string of the molecule is Clc1cccc(-c2cnc(N3CCC4(CCCC4)CC3)n3ccnc23)c1Cl. The van der Waals surface area contributed by atoms with Crippen molar-refractivity contribution in [1.82, 2.24) is 14.4 Å². The second-order valence-corrected chi connectivity index (χ2v) is 8.67. The number of imidazole rings is 1. The number of anilines is 1. The number of hydrogen-bond acceptors (Lipinski definition) is 3. The molecule has 3 heterocycles. The average Bonchev–Trinajstić information content (AvgIpc) is 3.34. The fourth-order valence-corrected chi connectivity index (χ4v) is 5.25. The maximum atomic E-state index is 6.45. The van der Waals surface area contributed by atoms with E-state index < -0.39 is 0 Å². The number of rotatable bonds is 2. The molecule has 1 saturated heterocycles. The Morgan fingerprint density at radius 1 is 0.926 bits per heavy atom. The fourth-order valence-electron chi connectivity index (χ4n) is 4.85. The molecule has 2 aliphatic rings. The predicted molar refractivity (Wildman–Crippen MR) is 111 cm³/mol. The maximum Gasteiger partial charge on any atom is 0.211 e. The Morgan fingerprint density at radius 2 is 1.70 bits per heavy atom. The summed E-state index contributed by atoms with van der Waals surface area (Å²) < 4.78 is 2.08. The summed E-state index contributed by atoms with van der Waals surface area (Å²) in [6, 6.07) is 5.66. The third-order valence-corrected chi connectivity index (χ3v) is 7.24. The van der Waals surface area contributed by atoms with E-state index >= 15 is 0 Å². The van der Waals surface area contributed by atoms with Gasteiger partial charge in [-0.05, 0) is 37.2 Å². The van der Waals surface area contributed by atoms with Gasteiger partial charge in [0.2, 0.25) is 5.95 Å². The van der Waals surface area contributed by atoms with Crippen molar-refractivity contribution in [2.45, 2.75) is 38.5 Å². The van der Waals surface area contributed by atoms with E-state index in [2.05, 4.69) is 14.3 Å². The van der Waals surface area contributed by atoms with Crippen molar-refractivity contribution >= 4 is 34.8 Å². The molecule has 0 bridgehead atoms. The summed E-state index contributed by atoms with van der Waals surface area (Å²) in [6.07, 6.45) is 13.8. The van der Waals surface area contributed by atoms with Crippen molar-refractivity contribution < 1.29 is 0 Å². The lowest BCUT2D eigenvalue weighted by molar-refractivity contribution is 0.225. The molecule has 0 unspecified atom stereocenters. The zero-order chi connectivity index (χ0) is 18.4. The molecular formula is C21H22Cl2N4. The lowest BCUT2D eigenvalue weighted by atomic mass is 9.77. The summed E-state index contributed by atoms with van der Waals surface area (Å²) in [4.78, 5) is 11.8. The molecule has 1 spiro atoms. The molecule has 1 aliphatic heterocycles. The van der Waals surface area contributed by atoms with Crippen LogP contribution in [0.2, 0.25) is 10.0 Å². The molecule has 0 amide bonds. The molecule has 0 N–H and O–H groups in total. The van der Waals surface area contributed by atoms with Gasteiger partial charge in [-0.2, -0.15) is 0 Å². The summed E-state index contributed by atoms with van der Waals surface area (Å²) in [5, 5.41) is 1.08. The van der Waals surface area contributed by atoms with Crippen molar-refractivity contribution in [2.75, 3.05) is 18.0 Å². The quantitative estimate of drug-likeness (QED) is 0.539. The first-order valence-corrected chi connectivity index (χ1v) is 10.4. The molecule has 5 rings (SSSR count). The van der Waals surface area contributed by atoms with Crippen molar-refractivity contribution in [1.29, 1.82) is 0 Å². The van der Waals surface area contributed by atoms with Gasteiger partial charge < -0.3 is 4.90 Å². The van der Waals surface area contributed by atoms with Gasteiger partial charge in [0, 0.05) is 42.8 Å². The molecular weight excluding hydrogens is 379 g/mol. The number of halogens is 2. The molecule has 27 heavy (non-hydrogen) atoms. The van der Waals surface area contributed by atoms with Gasteiger partial charge in [-0.15, -0.1) is 0 Å². The Morgan fingerprint density at radius 3 is 2.48 bits per heavy atom. The Kier molecular flexibility index (Phi) is 4.29. The standard InChI is InChI=1S/C21H22Cl2N4/c22-17-5-3-4-15(18(17)23)16-14-25-20(27-13-10-24-19(16)27)26-11-8-21(9-12-26)6-1-2-7-21/h3-5,10,13-14H,1-2,6-9,11-12H2. The number of piperidine rings is 1. The predicted octanol–water partition coefficient (Wildman–Crippen LogP) is 5.86. The van der Waals surface area contributed by atoms with Crippen molar-refractivity contribution in [2.24, 2.45) is 5.41 Å². The lowest BCUT2D eigenvalue weighted by Gasteiger charge is -2.40. The average molecular weight is 401 g/mol. The number of nitrogens with zero attached hydrogens (tertiary/aromatic N) is 4. The van der Waals surface area contributed by atoms with Crippen LogP contribution in [0.5, 0.6) is 0 Å². The van der Waals surface area contributed by atoms with Crippen LogP contribution in [0.4, 0.5) is 5.95 Å². The minimum atomic E-state index is 0.541. The molecule has 3 aromatic rings. The summed E-state index contributed by atoms with van der Waals surface area (Å²) >= 11 is 12.7. The Hall–Kier alpha value is -1.78. The molecule has 2 fully saturated rings. The highest BCUT2D eigenvalue weighted by atomic mass is 35.5. The van der Waals surface area contributed by atoms with Crippen LogP contribution in [0.3, 0.4) is 0 Å². The van der Waals surface area contributed by atoms with E-state index in [1.165, 1.54) is 38.5 Å². The number of aromatic nitrogens is 3. The normalized spacial score (nSPS) is 19.3. The number of hydrogen-bond donors (Lipinski definition) is 0. The van der Waals surface area contributed by atoms with E-state index in [0.29, 0.717) is 15.5 Å². The monoisotopic (exact) mass is 400 g/mol. The second kappa shape index (κ2) is 6.68. The van der Waals surface area contributed by atoms with E-state index in [4.69, 9.17) is 28.2 Å². The molecule has 140 valence electrons. The third kappa shape index (κ3) is 2.90. The number of benzene rings is 1. The van der Waals surface area contributed by atoms with Gasteiger partial charge in [-0.25, -0.2) is 9.97 Å². The van der Waals surface area contributed by atoms with Crippen LogP contribution in [-0.4, -0.2) is 27.5 Å². The minimum Gasteiger partial charge on any atom is -0.342 e. The number of fused-ring (bicyclic) bond motifs is 1. The molecule has 1 saturated carbocycles. The van der Waals surface area contributed by atoms with Crippen LogP contribution in [0.25, 0.3) is 16.8 Å². The van der Waals surface area contributed by atoms with Crippen LogP contribution in [-0.2, 0) is 0 Å². The largest absolute Gasteiger partial charge is 0.342 e. The summed E-state index contributed by atoms with van der Waals surface area (Å²) in [5.74, 6) is 0.970. The van der Waals surface area contributed by atoms with E-state index in [-0.39, 0.29) is 0 Å². The maximum absolute atomic E-state index is 6.45. The van der Waals surface area contributed by atoms with Crippen LogP contribution in [0, 0.1) is 5.41 Å². The molecule has 0 radical (unpaired) electrons. The Labute approximate surface area is 169 Å². The molecule has 2 aromatic heterocycles. The molecule has 1 aliphatic carbocycles. The molecule has 4 nitrogen and oxygen atoms in total. The first kappa shape index (κ1) is 17.3. The van der Waals surface area contributed by atoms with Gasteiger partial charge in [0.25, 0.3) is 0 Å². The van der Waals surface area contributed by atoms with Gasteiger partial charge in [0.1, 0.15) is 5.65 Å². The highest BCUT2D eigenvalue weighted by molar-refractivity contribution is 6.43. The van der Waals surface area contributed by atoms with Gasteiger partial charge in [-0.1, -0.05) is 48.2 Å². The van der Waals surface area contributed by atoms with E-state index in [9.17, 15) is 0 Å². The smallest absolute Gasteiger partial charge is 0.211 e. The highest BCUT2D eigenvalue weighted by Crippen LogP contribution is 2.46. The third-order valence-electron chi connectivity index (χ3n) is 6.42. The summed E-state index contributed by atoms with van der Waals surface area (Å²) in [6.45, 7) is 2.13. The molecule has 0 atom stereocenters. The molecule has 6 heteroatoms. The summed E-state index contributed by atoms with van der Waals surface area (Å²) in [5.41, 5.74) is 3.23. The molecule has 1 aromatic carbocycles. The van der Waals surface area contributed by atoms with Crippen LogP contribution >= 0.6 is 23.2 Å². The van der Waals surface area contributed by atoms with Crippen molar-refractivity contribution in [3.8, 4) is 11.1 Å². The zero-order valence-electron chi connectivity index (χ0n) is 15.2. The van der Waals surface area contributed by atoms with Crippen LogP contribution in [0.1, 0.15) is 38.5 Å². The van der Waals surface area contributed by atoms with E-state index in [1.54, 1.807) is 6.07 Å². The van der Waals surface area contributed by atoms with Gasteiger partial charge >= 0.3 is 0 Å². The van der Waals surface area contributed by atoms with Gasteiger partial charge in [0.05, 0.1) is 10.0 Å². The topological polar surface area (TPSA) is 33.4 Å². The Bertz CT molecular complexity index is 981. The van der Waals surface area contributed by atoms with E-state index in [1.807, 2.05) is 30.7 Å². The first-order chi connectivity index (χ1) is 13.2. The van der Waals surface area contributed by atoms with Crippen LogP contribution in [0.15, 0.2) is 36.8 Å². The van der Waals surface area contributed by atoms with Crippen molar-refractivity contribution in [3.63, 3.8) is 0 Å². The van der Waals surface area contributed by atoms with Gasteiger partial charge in [0.15, 0.2) is 0 Å². The van der Waals surface area contributed by atoms with E-state index in [0.717, 1.165) is 35.8 Å². The summed E-state index contributed by atoms with van der Waals surface area (Å²) in [7, 11) is 0. The zero-order valence-corrected chi connectivity index (χ0v) is 16.7. The van der Waals surface area contributed by atoms with Crippen LogP contribution < -0.4 is 4.90 Å². The Balaban J connectivity index is 1.51. The van der Waals surface area contributed by atoms with Crippen molar-refractivity contribution in [3.05, 3.63) is 46.8 Å². The first-order valence-electron chi connectivity index (χ1n) is 9.68. The van der Waals surface area contributed by atoms with Gasteiger partial charge in [-0.3, -0.25) is 4.40 Å². The lowest BCUT2D eigenvalue weighted by Crippen LogP contribution is -2.40.